The summed E-state index contributed by atoms with van der Waals surface area (Å²) in [5.41, 5.74) is 0. The van der Waals surface area contributed by atoms with Gasteiger partial charge >= 0.3 is 0 Å². The summed E-state index contributed by atoms with van der Waals surface area (Å²) in [5, 5.41) is 8.92. The molecule has 10 heavy (non-hydrogen) atoms. The van der Waals surface area contributed by atoms with Gasteiger partial charge in [0.05, 0.1) is 25.9 Å². The van der Waals surface area contributed by atoms with Crippen LogP contribution in [-0.2, 0) is 9.47 Å². The molecule has 1 N–H and O–H groups in total. The van der Waals surface area contributed by atoms with Crippen molar-refractivity contribution < 1.29 is 14.6 Å². The number of hydrogen-bond donors (Lipinski definition) is 2. The van der Waals surface area contributed by atoms with Gasteiger partial charge in [0.25, 0.3) is 0 Å². The molecular weight excluding hydrogens is 152 g/mol. The number of thiol groups is 1. The van der Waals surface area contributed by atoms with Crippen LogP contribution in [0, 0.1) is 0 Å². The van der Waals surface area contributed by atoms with Crippen molar-refractivity contribution in [1.82, 2.24) is 0 Å². The van der Waals surface area contributed by atoms with Crippen LogP contribution in [0.15, 0.2) is 0 Å². The first-order valence-corrected chi connectivity index (χ1v) is 3.80. The number of aliphatic hydroxyl groups excluding tert-OH is 1. The predicted octanol–water partition coefficient (Wildman–Crippen LogP) is -0.0599. The molecule has 0 fully saturated rings. The summed E-state index contributed by atoms with van der Waals surface area (Å²) < 4.78 is 9.73. The Bertz CT molecular complexity index is 70.0. The Hall–Kier alpha value is 0.230. The molecule has 4 heteroatoms. The smallest absolute Gasteiger partial charge is 0.0861 e. The lowest BCUT2D eigenvalue weighted by Gasteiger charge is -2.06. The van der Waals surface area contributed by atoms with E-state index in [-0.39, 0.29) is 0 Å². The maximum Gasteiger partial charge on any atom is 0.0861 e. The van der Waals surface area contributed by atoms with Gasteiger partial charge in [0.1, 0.15) is 0 Å². The van der Waals surface area contributed by atoms with Crippen molar-refractivity contribution in [3.63, 3.8) is 0 Å². The van der Waals surface area contributed by atoms with Crippen LogP contribution in [0.25, 0.3) is 0 Å². The Morgan fingerprint density at radius 2 is 2.20 bits per heavy atom. The number of hydrogen-bond acceptors (Lipinski definition) is 4. The fraction of sp³-hybridized carbons (Fsp3) is 1.00. The van der Waals surface area contributed by atoms with Gasteiger partial charge in [-0.15, -0.1) is 0 Å². The van der Waals surface area contributed by atoms with E-state index in [0.717, 1.165) is 0 Å². The Labute approximate surface area is 66.7 Å². The zero-order valence-electron chi connectivity index (χ0n) is 6.12. The summed E-state index contributed by atoms with van der Waals surface area (Å²) in [6.07, 6.45) is -0.458. The Morgan fingerprint density at radius 1 is 1.50 bits per heavy atom. The molecule has 0 saturated carbocycles. The number of rotatable bonds is 6. The van der Waals surface area contributed by atoms with Crippen LogP contribution in [0.1, 0.15) is 0 Å². The maximum absolute atomic E-state index is 8.92. The number of ether oxygens (including phenoxy) is 2. The zero-order chi connectivity index (χ0) is 7.82. The minimum absolute atomic E-state index is 0.340. The monoisotopic (exact) mass is 166 g/mol. The van der Waals surface area contributed by atoms with Gasteiger partial charge in [-0.05, 0) is 0 Å². The molecule has 1 unspecified atom stereocenters. The van der Waals surface area contributed by atoms with Crippen molar-refractivity contribution in [1.29, 1.82) is 0 Å². The van der Waals surface area contributed by atoms with Crippen LogP contribution in [0.3, 0.4) is 0 Å². The SMILES string of the molecule is COCCOCC(O)CS. The summed E-state index contributed by atoms with van der Waals surface area (Å²) in [5.74, 6) is 0.437. The second-order valence-electron chi connectivity index (χ2n) is 1.90. The highest BCUT2D eigenvalue weighted by atomic mass is 32.1. The molecule has 1 atom stereocenters. The standard InChI is InChI=1S/C6H14O3S/c1-8-2-3-9-4-6(7)5-10/h6-7,10H,2-5H2,1H3. The topological polar surface area (TPSA) is 38.7 Å². The molecule has 3 nitrogen and oxygen atoms in total. The Morgan fingerprint density at radius 3 is 2.70 bits per heavy atom. The normalized spacial score (nSPS) is 13.5. The number of methoxy groups -OCH3 is 1. The van der Waals surface area contributed by atoms with E-state index in [1.54, 1.807) is 7.11 Å². The first-order valence-electron chi connectivity index (χ1n) is 3.17. The first-order chi connectivity index (χ1) is 4.81. The van der Waals surface area contributed by atoms with Crippen molar-refractivity contribution in [2.45, 2.75) is 6.10 Å². The minimum Gasteiger partial charge on any atom is -0.390 e. The molecule has 0 aromatic carbocycles. The molecule has 0 heterocycles. The van der Waals surface area contributed by atoms with Crippen molar-refractivity contribution in [3.8, 4) is 0 Å². The van der Waals surface area contributed by atoms with E-state index in [1.165, 1.54) is 0 Å². The molecule has 0 aliphatic rings. The average molecular weight is 166 g/mol. The lowest BCUT2D eigenvalue weighted by atomic mass is 10.4. The van der Waals surface area contributed by atoms with Crippen molar-refractivity contribution >= 4 is 12.6 Å². The largest absolute Gasteiger partial charge is 0.390 e. The van der Waals surface area contributed by atoms with Crippen LogP contribution in [0.4, 0.5) is 0 Å². The minimum atomic E-state index is -0.458. The second-order valence-corrected chi connectivity index (χ2v) is 2.27. The van der Waals surface area contributed by atoms with Gasteiger partial charge in [-0.1, -0.05) is 0 Å². The van der Waals surface area contributed by atoms with E-state index in [0.29, 0.717) is 25.6 Å². The fourth-order valence-electron chi connectivity index (χ4n) is 0.414. The summed E-state index contributed by atoms with van der Waals surface area (Å²) in [7, 11) is 1.61. The summed E-state index contributed by atoms with van der Waals surface area (Å²) in [6.45, 7) is 1.44. The van der Waals surface area contributed by atoms with Crippen molar-refractivity contribution in [2.75, 3.05) is 32.7 Å². The van der Waals surface area contributed by atoms with Crippen LogP contribution in [0.5, 0.6) is 0 Å². The molecule has 0 rings (SSSR count). The number of aliphatic hydroxyl groups is 1. The first kappa shape index (κ1) is 10.2. The molecule has 0 bridgehead atoms. The molecule has 0 radical (unpaired) electrons. The van der Waals surface area contributed by atoms with E-state index >= 15 is 0 Å². The van der Waals surface area contributed by atoms with Gasteiger partial charge in [-0.3, -0.25) is 0 Å². The van der Waals surface area contributed by atoms with Gasteiger partial charge in [0.2, 0.25) is 0 Å². The molecule has 0 aromatic heterocycles. The molecule has 0 aromatic rings. The Kier molecular flexibility index (Phi) is 7.51. The third-order valence-electron chi connectivity index (χ3n) is 0.953. The van der Waals surface area contributed by atoms with Crippen molar-refractivity contribution in [2.24, 2.45) is 0 Å². The average Bonchev–Trinajstić information content (AvgIpc) is 1.98. The molecule has 62 valence electrons. The second kappa shape index (κ2) is 7.34. The van der Waals surface area contributed by atoms with Crippen molar-refractivity contribution in [3.05, 3.63) is 0 Å². The molecule has 0 aliphatic carbocycles. The lowest BCUT2D eigenvalue weighted by molar-refractivity contribution is 0.0219. The summed E-state index contributed by atoms with van der Waals surface area (Å²) in [4.78, 5) is 0. The highest BCUT2D eigenvalue weighted by Gasteiger charge is 1.98. The van der Waals surface area contributed by atoms with E-state index < -0.39 is 6.10 Å². The summed E-state index contributed by atoms with van der Waals surface area (Å²) in [6, 6.07) is 0. The van der Waals surface area contributed by atoms with Gasteiger partial charge in [0, 0.05) is 12.9 Å². The van der Waals surface area contributed by atoms with Crippen LogP contribution in [0.2, 0.25) is 0 Å². The zero-order valence-corrected chi connectivity index (χ0v) is 7.01. The van der Waals surface area contributed by atoms with E-state index in [2.05, 4.69) is 12.6 Å². The van der Waals surface area contributed by atoms with Gasteiger partial charge in [-0.25, -0.2) is 0 Å². The maximum atomic E-state index is 8.92. The van der Waals surface area contributed by atoms with E-state index in [9.17, 15) is 0 Å². The van der Waals surface area contributed by atoms with Crippen LogP contribution in [-0.4, -0.2) is 43.9 Å². The molecular formula is C6H14O3S. The molecule has 0 spiro atoms. The van der Waals surface area contributed by atoms with Gasteiger partial charge < -0.3 is 14.6 Å². The highest BCUT2D eigenvalue weighted by molar-refractivity contribution is 7.80. The van der Waals surface area contributed by atoms with E-state index in [4.69, 9.17) is 14.6 Å². The highest BCUT2D eigenvalue weighted by Crippen LogP contribution is 1.87. The Balaban J connectivity index is 2.89. The van der Waals surface area contributed by atoms with Gasteiger partial charge in [-0.2, -0.15) is 12.6 Å². The fourth-order valence-corrected chi connectivity index (χ4v) is 0.520. The predicted molar refractivity (Wildman–Crippen MR) is 42.6 cm³/mol. The third-order valence-corrected chi connectivity index (χ3v) is 1.37. The quantitative estimate of drug-likeness (QED) is 0.429. The lowest BCUT2D eigenvalue weighted by Crippen LogP contribution is -2.18. The molecule has 0 amide bonds. The summed E-state index contributed by atoms with van der Waals surface area (Å²) >= 11 is 3.88. The molecule has 0 aliphatic heterocycles. The van der Waals surface area contributed by atoms with Crippen LogP contribution < -0.4 is 0 Å². The molecule has 0 saturated heterocycles. The van der Waals surface area contributed by atoms with Crippen LogP contribution >= 0.6 is 12.6 Å². The van der Waals surface area contributed by atoms with Gasteiger partial charge in [0.15, 0.2) is 0 Å². The third kappa shape index (κ3) is 6.35. The van der Waals surface area contributed by atoms with E-state index in [1.807, 2.05) is 0 Å².